The van der Waals surface area contributed by atoms with Crippen molar-refractivity contribution in [2.75, 3.05) is 27.8 Å². The number of rotatable bonds is 5. The maximum atomic E-state index is 9.11. The molecule has 1 aromatic carbocycles. The highest BCUT2D eigenvalue weighted by molar-refractivity contribution is 5.39. The molecular weight excluding hydrogens is 202 g/mol. The molecule has 0 saturated heterocycles. The van der Waals surface area contributed by atoms with E-state index in [9.17, 15) is 0 Å². The number of aryl methyl sites for hydroxylation is 1. The zero-order chi connectivity index (χ0) is 12.1. The van der Waals surface area contributed by atoms with Gasteiger partial charge in [0.05, 0.1) is 7.11 Å². The highest BCUT2D eigenvalue weighted by Gasteiger charge is 2.17. The maximum Gasteiger partial charge on any atom is 0.123 e. The van der Waals surface area contributed by atoms with Gasteiger partial charge in [0, 0.05) is 18.2 Å². The van der Waals surface area contributed by atoms with Crippen molar-refractivity contribution in [2.24, 2.45) is 0 Å². The number of hydrogen-bond acceptors (Lipinski definition) is 3. The molecule has 1 atom stereocenters. The van der Waals surface area contributed by atoms with Crippen LogP contribution >= 0.6 is 0 Å². The van der Waals surface area contributed by atoms with Crippen molar-refractivity contribution in [3.63, 3.8) is 0 Å². The van der Waals surface area contributed by atoms with Crippen molar-refractivity contribution in [1.29, 1.82) is 0 Å². The maximum absolute atomic E-state index is 9.11. The van der Waals surface area contributed by atoms with Crippen LogP contribution in [0.2, 0.25) is 0 Å². The molecule has 16 heavy (non-hydrogen) atoms. The Hall–Kier alpha value is -1.06. The molecule has 0 aliphatic heterocycles. The Labute approximate surface area is 97.7 Å². The monoisotopic (exact) mass is 223 g/mol. The van der Waals surface area contributed by atoms with Gasteiger partial charge in [0.2, 0.25) is 0 Å². The van der Waals surface area contributed by atoms with Gasteiger partial charge in [0.25, 0.3) is 0 Å². The highest BCUT2D eigenvalue weighted by atomic mass is 16.5. The lowest BCUT2D eigenvalue weighted by molar-refractivity contribution is 0.207. The van der Waals surface area contributed by atoms with E-state index in [4.69, 9.17) is 9.84 Å². The topological polar surface area (TPSA) is 32.7 Å². The van der Waals surface area contributed by atoms with Gasteiger partial charge in [-0.15, -0.1) is 0 Å². The molecule has 1 N–H and O–H groups in total. The number of ether oxygens (including phenoxy) is 1. The van der Waals surface area contributed by atoms with Crippen molar-refractivity contribution in [3.8, 4) is 5.75 Å². The second-order valence-electron chi connectivity index (χ2n) is 4.24. The van der Waals surface area contributed by atoms with Gasteiger partial charge in [-0.3, -0.25) is 0 Å². The summed E-state index contributed by atoms with van der Waals surface area (Å²) < 4.78 is 5.37. The van der Waals surface area contributed by atoms with Crippen LogP contribution in [0.4, 0.5) is 0 Å². The number of aliphatic hydroxyl groups excluding tert-OH is 1. The summed E-state index contributed by atoms with van der Waals surface area (Å²) in [5.74, 6) is 0.887. The van der Waals surface area contributed by atoms with Crippen LogP contribution in [0.15, 0.2) is 18.2 Å². The van der Waals surface area contributed by atoms with Crippen LogP contribution in [0.3, 0.4) is 0 Å². The van der Waals surface area contributed by atoms with E-state index in [0.717, 1.165) is 11.3 Å². The lowest BCUT2D eigenvalue weighted by atomic mass is 10.00. The smallest absolute Gasteiger partial charge is 0.123 e. The molecule has 0 spiro atoms. The molecule has 0 aliphatic rings. The zero-order valence-electron chi connectivity index (χ0n) is 10.5. The summed E-state index contributed by atoms with van der Waals surface area (Å²) in [4.78, 5) is 2.10. The average Bonchev–Trinajstić information content (AvgIpc) is 2.25. The normalized spacial score (nSPS) is 12.9. The SMILES string of the molecule is COc1ccc(C)cc1C(CCO)N(C)C. The molecule has 0 fully saturated rings. The molecule has 0 heterocycles. The predicted octanol–water partition coefficient (Wildman–Crippen LogP) is 1.99. The summed E-state index contributed by atoms with van der Waals surface area (Å²) in [5, 5.41) is 9.11. The largest absolute Gasteiger partial charge is 0.496 e. The van der Waals surface area contributed by atoms with E-state index in [1.165, 1.54) is 5.56 Å². The number of methoxy groups -OCH3 is 1. The van der Waals surface area contributed by atoms with Gasteiger partial charge in [0.15, 0.2) is 0 Å². The number of hydrogen-bond donors (Lipinski definition) is 1. The summed E-state index contributed by atoms with van der Waals surface area (Å²) in [7, 11) is 5.71. The van der Waals surface area contributed by atoms with Gasteiger partial charge in [-0.05, 0) is 33.5 Å². The summed E-state index contributed by atoms with van der Waals surface area (Å²) in [6.45, 7) is 2.24. The molecule has 0 saturated carbocycles. The second kappa shape index (κ2) is 5.87. The third-order valence-electron chi connectivity index (χ3n) is 2.77. The molecule has 0 aliphatic carbocycles. The molecule has 1 aromatic rings. The number of benzene rings is 1. The van der Waals surface area contributed by atoms with Gasteiger partial charge >= 0.3 is 0 Å². The first-order chi connectivity index (χ1) is 7.60. The van der Waals surface area contributed by atoms with Gasteiger partial charge in [-0.1, -0.05) is 17.7 Å². The Bertz CT molecular complexity index is 337. The molecule has 3 heteroatoms. The Balaban J connectivity index is 3.10. The third-order valence-corrected chi connectivity index (χ3v) is 2.77. The molecule has 1 unspecified atom stereocenters. The predicted molar refractivity (Wildman–Crippen MR) is 65.9 cm³/mol. The van der Waals surface area contributed by atoms with Gasteiger partial charge in [0.1, 0.15) is 5.75 Å². The molecule has 0 radical (unpaired) electrons. The van der Waals surface area contributed by atoms with Crippen LogP contribution in [0.25, 0.3) is 0 Å². The molecular formula is C13H21NO2. The minimum Gasteiger partial charge on any atom is -0.496 e. The minimum absolute atomic E-state index is 0.180. The van der Waals surface area contributed by atoms with Crippen molar-refractivity contribution >= 4 is 0 Å². The van der Waals surface area contributed by atoms with E-state index in [2.05, 4.69) is 17.9 Å². The molecule has 90 valence electrons. The Morgan fingerprint density at radius 2 is 2.06 bits per heavy atom. The van der Waals surface area contributed by atoms with Crippen LogP contribution in [0.1, 0.15) is 23.6 Å². The van der Waals surface area contributed by atoms with Gasteiger partial charge in [-0.25, -0.2) is 0 Å². The summed E-state index contributed by atoms with van der Waals surface area (Å²) in [5.41, 5.74) is 2.35. The lowest BCUT2D eigenvalue weighted by Gasteiger charge is -2.26. The van der Waals surface area contributed by atoms with Crippen LogP contribution in [0.5, 0.6) is 5.75 Å². The fourth-order valence-corrected chi connectivity index (χ4v) is 1.93. The Morgan fingerprint density at radius 1 is 1.38 bits per heavy atom. The molecule has 1 rings (SSSR count). The summed E-state index contributed by atoms with van der Waals surface area (Å²) >= 11 is 0. The van der Waals surface area contributed by atoms with Gasteiger partial charge < -0.3 is 14.7 Å². The summed E-state index contributed by atoms with van der Waals surface area (Å²) in [6.07, 6.45) is 0.715. The van der Waals surface area contributed by atoms with Crippen LogP contribution in [-0.2, 0) is 0 Å². The molecule has 3 nitrogen and oxygen atoms in total. The van der Waals surface area contributed by atoms with Crippen molar-refractivity contribution in [3.05, 3.63) is 29.3 Å². The third kappa shape index (κ3) is 2.97. The standard InChI is InChI=1S/C13H21NO2/c1-10-5-6-13(16-4)11(9-10)12(7-8-15)14(2)3/h5-6,9,12,15H,7-8H2,1-4H3. The first-order valence-electron chi connectivity index (χ1n) is 5.52. The van der Waals surface area contributed by atoms with Crippen LogP contribution < -0.4 is 4.74 Å². The van der Waals surface area contributed by atoms with Crippen LogP contribution in [-0.4, -0.2) is 37.8 Å². The first-order valence-corrected chi connectivity index (χ1v) is 5.52. The fourth-order valence-electron chi connectivity index (χ4n) is 1.93. The van der Waals surface area contributed by atoms with E-state index in [0.29, 0.717) is 6.42 Å². The molecule has 0 aromatic heterocycles. The molecule has 0 bridgehead atoms. The lowest BCUT2D eigenvalue weighted by Crippen LogP contribution is -2.21. The van der Waals surface area contributed by atoms with E-state index in [1.807, 2.05) is 26.2 Å². The minimum atomic E-state index is 0.180. The van der Waals surface area contributed by atoms with E-state index < -0.39 is 0 Å². The Kier molecular flexibility index (Phi) is 4.77. The summed E-state index contributed by atoms with van der Waals surface area (Å²) in [6, 6.07) is 6.34. The van der Waals surface area contributed by atoms with Crippen LogP contribution in [0, 0.1) is 6.92 Å². The van der Waals surface area contributed by atoms with E-state index in [1.54, 1.807) is 7.11 Å². The molecule has 0 amide bonds. The number of aliphatic hydroxyl groups is 1. The highest BCUT2D eigenvalue weighted by Crippen LogP contribution is 2.31. The quantitative estimate of drug-likeness (QED) is 0.828. The van der Waals surface area contributed by atoms with E-state index >= 15 is 0 Å². The van der Waals surface area contributed by atoms with E-state index in [-0.39, 0.29) is 12.6 Å². The second-order valence-corrected chi connectivity index (χ2v) is 4.24. The Morgan fingerprint density at radius 3 is 2.56 bits per heavy atom. The average molecular weight is 223 g/mol. The van der Waals surface area contributed by atoms with Crippen molar-refractivity contribution in [1.82, 2.24) is 4.90 Å². The van der Waals surface area contributed by atoms with Gasteiger partial charge in [-0.2, -0.15) is 0 Å². The zero-order valence-corrected chi connectivity index (χ0v) is 10.5. The fraction of sp³-hybridized carbons (Fsp3) is 0.538. The van der Waals surface area contributed by atoms with Crippen molar-refractivity contribution < 1.29 is 9.84 Å². The number of nitrogens with zero attached hydrogens (tertiary/aromatic N) is 1. The van der Waals surface area contributed by atoms with Crippen molar-refractivity contribution in [2.45, 2.75) is 19.4 Å². The first kappa shape index (κ1) is 13.0.